The summed E-state index contributed by atoms with van der Waals surface area (Å²) in [5, 5.41) is 13.1. The fourth-order valence-electron chi connectivity index (χ4n) is 3.40. The molecular formula is C24H27ClN4O4S2. The molecule has 0 aliphatic carbocycles. The van der Waals surface area contributed by atoms with Gasteiger partial charge in [-0.15, -0.1) is 28.1 Å². The molecule has 1 atom stereocenters. The fraction of sp³-hybridized carbons (Fsp3) is 0.333. The fourth-order valence-corrected chi connectivity index (χ4v) is 5.18. The molecule has 2 aromatic heterocycles. The van der Waals surface area contributed by atoms with E-state index in [1.165, 1.54) is 30.2 Å². The summed E-state index contributed by atoms with van der Waals surface area (Å²) in [6.45, 7) is 11.9. The van der Waals surface area contributed by atoms with Gasteiger partial charge < -0.3 is 14.8 Å². The van der Waals surface area contributed by atoms with Gasteiger partial charge in [-0.1, -0.05) is 29.4 Å². The van der Waals surface area contributed by atoms with Crippen molar-refractivity contribution in [3.05, 3.63) is 63.3 Å². The van der Waals surface area contributed by atoms with Crippen molar-refractivity contribution in [3.63, 3.8) is 0 Å². The third kappa shape index (κ3) is 6.45. The zero-order valence-corrected chi connectivity index (χ0v) is 22.6. The van der Waals surface area contributed by atoms with Gasteiger partial charge >= 0.3 is 5.97 Å². The average molecular weight is 535 g/mol. The van der Waals surface area contributed by atoms with Gasteiger partial charge in [0.2, 0.25) is 5.91 Å². The number of amides is 1. The molecule has 186 valence electrons. The predicted octanol–water partition coefficient (Wildman–Crippen LogP) is 5.76. The van der Waals surface area contributed by atoms with Gasteiger partial charge in [0.15, 0.2) is 17.1 Å². The highest BCUT2D eigenvalue weighted by atomic mass is 35.5. The highest BCUT2D eigenvalue weighted by Gasteiger charge is 2.21. The Hall–Kier alpha value is -2.82. The molecule has 0 bridgehead atoms. The lowest BCUT2D eigenvalue weighted by Gasteiger charge is -2.17. The van der Waals surface area contributed by atoms with Crippen LogP contribution in [-0.4, -0.2) is 39.5 Å². The topological polar surface area (TPSA) is 95.3 Å². The maximum Gasteiger partial charge on any atom is 0.340 e. The first-order valence-corrected chi connectivity index (χ1v) is 12.9. The van der Waals surface area contributed by atoms with Crippen molar-refractivity contribution < 1.29 is 19.1 Å². The van der Waals surface area contributed by atoms with E-state index < -0.39 is 12.1 Å². The Morgan fingerprint density at radius 3 is 2.57 bits per heavy atom. The van der Waals surface area contributed by atoms with Crippen LogP contribution in [0.2, 0.25) is 5.02 Å². The number of anilines is 1. The van der Waals surface area contributed by atoms with Gasteiger partial charge in [-0.3, -0.25) is 9.36 Å². The first-order chi connectivity index (χ1) is 16.6. The van der Waals surface area contributed by atoms with E-state index in [-0.39, 0.29) is 11.7 Å². The van der Waals surface area contributed by atoms with Crippen LogP contribution in [0, 0.1) is 20.8 Å². The first kappa shape index (κ1) is 26.8. The number of aryl methyl sites for hydroxylation is 3. The molecule has 3 rings (SSSR count). The number of thioether (sulfide) groups is 1. The van der Waals surface area contributed by atoms with Gasteiger partial charge in [-0.25, -0.2) is 4.79 Å². The van der Waals surface area contributed by atoms with E-state index in [2.05, 4.69) is 22.1 Å². The SMILES string of the molecule is C=CCn1c(SCC(=O)Nc2sc(C)cc2C(=O)OC)nnc1C(C)Oc1cc(C)c(Cl)c(C)c1. The summed E-state index contributed by atoms with van der Waals surface area (Å²) in [5.74, 6) is 0.615. The number of esters is 1. The minimum absolute atomic E-state index is 0.0810. The number of allylic oxidation sites excluding steroid dienone is 1. The molecule has 0 aliphatic rings. The molecule has 11 heteroatoms. The second kappa shape index (κ2) is 11.7. The molecule has 0 saturated carbocycles. The Kier molecular flexibility index (Phi) is 8.98. The zero-order valence-electron chi connectivity index (χ0n) is 20.2. The van der Waals surface area contributed by atoms with Gasteiger partial charge in [-0.05, 0) is 57.0 Å². The Morgan fingerprint density at radius 1 is 1.26 bits per heavy atom. The van der Waals surface area contributed by atoms with Crippen molar-refractivity contribution in [1.82, 2.24) is 14.8 Å². The lowest BCUT2D eigenvalue weighted by atomic mass is 10.1. The molecule has 1 N–H and O–H groups in total. The minimum Gasteiger partial charge on any atom is -0.483 e. The molecular weight excluding hydrogens is 508 g/mol. The maximum atomic E-state index is 12.6. The highest BCUT2D eigenvalue weighted by Crippen LogP contribution is 2.31. The molecule has 0 aliphatic heterocycles. The summed E-state index contributed by atoms with van der Waals surface area (Å²) in [6, 6.07) is 5.46. The monoisotopic (exact) mass is 534 g/mol. The summed E-state index contributed by atoms with van der Waals surface area (Å²) in [6.07, 6.45) is 1.33. The maximum absolute atomic E-state index is 12.6. The van der Waals surface area contributed by atoms with Crippen LogP contribution in [0.4, 0.5) is 5.00 Å². The standard InChI is InChI=1S/C24H27ClN4O4S2/c1-7-8-29-21(16(5)33-17-9-13(2)20(25)14(3)10-17)27-28-24(29)34-12-19(30)26-22-18(23(31)32-6)11-15(4)35-22/h7,9-11,16H,1,8,12H2,2-6H3,(H,26,30). The number of rotatable bonds is 10. The van der Waals surface area contributed by atoms with E-state index >= 15 is 0 Å². The summed E-state index contributed by atoms with van der Waals surface area (Å²) < 4.78 is 12.8. The van der Waals surface area contributed by atoms with Crippen LogP contribution in [0.25, 0.3) is 0 Å². The van der Waals surface area contributed by atoms with Crippen molar-refractivity contribution in [1.29, 1.82) is 0 Å². The third-order valence-electron chi connectivity index (χ3n) is 4.99. The van der Waals surface area contributed by atoms with E-state index in [0.29, 0.717) is 38.9 Å². The van der Waals surface area contributed by atoms with E-state index in [9.17, 15) is 9.59 Å². The van der Waals surface area contributed by atoms with E-state index in [4.69, 9.17) is 21.1 Å². The number of benzene rings is 1. The van der Waals surface area contributed by atoms with Crippen molar-refractivity contribution in [2.24, 2.45) is 0 Å². The van der Waals surface area contributed by atoms with Crippen molar-refractivity contribution >= 4 is 51.6 Å². The molecule has 0 fully saturated rings. The highest BCUT2D eigenvalue weighted by molar-refractivity contribution is 7.99. The van der Waals surface area contributed by atoms with Gasteiger partial charge in [-0.2, -0.15) is 0 Å². The number of halogens is 1. The molecule has 1 unspecified atom stereocenters. The van der Waals surface area contributed by atoms with Gasteiger partial charge in [0.1, 0.15) is 10.8 Å². The van der Waals surface area contributed by atoms with Crippen LogP contribution < -0.4 is 10.1 Å². The number of carbonyl (C=O) groups excluding carboxylic acids is 2. The number of thiophene rings is 1. The summed E-state index contributed by atoms with van der Waals surface area (Å²) >= 11 is 8.82. The normalized spacial score (nSPS) is 11.7. The number of hydrogen-bond acceptors (Lipinski definition) is 8. The zero-order chi connectivity index (χ0) is 25.7. The summed E-state index contributed by atoms with van der Waals surface area (Å²) in [7, 11) is 1.31. The molecule has 8 nitrogen and oxygen atoms in total. The Balaban J connectivity index is 1.71. The smallest absolute Gasteiger partial charge is 0.340 e. The number of nitrogens with one attached hydrogen (secondary N) is 1. The molecule has 35 heavy (non-hydrogen) atoms. The molecule has 1 amide bonds. The summed E-state index contributed by atoms with van der Waals surface area (Å²) in [4.78, 5) is 25.5. The second-order valence-corrected chi connectivity index (χ2v) is 10.4. The number of carbonyl (C=O) groups is 2. The largest absolute Gasteiger partial charge is 0.483 e. The van der Waals surface area contributed by atoms with Crippen LogP contribution in [0.15, 0.2) is 36.0 Å². The second-order valence-electron chi connectivity index (χ2n) is 7.80. The van der Waals surface area contributed by atoms with Crippen molar-refractivity contribution in [2.75, 3.05) is 18.2 Å². The van der Waals surface area contributed by atoms with E-state index in [0.717, 1.165) is 16.0 Å². The van der Waals surface area contributed by atoms with Crippen LogP contribution in [0.5, 0.6) is 5.75 Å². The number of ether oxygens (including phenoxy) is 2. The quantitative estimate of drug-likeness (QED) is 0.200. The van der Waals surface area contributed by atoms with Crippen LogP contribution in [0.1, 0.15) is 45.2 Å². The van der Waals surface area contributed by atoms with E-state index in [1.54, 1.807) is 12.1 Å². The van der Waals surface area contributed by atoms with Gasteiger partial charge in [0, 0.05) is 16.4 Å². The number of nitrogens with zero attached hydrogens (tertiary/aromatic N) is 3. The lowest BCUT2D eigenvalue weighted by Crippen LogP contribution is -2.16. The summed E-state index contributed by atoms with van der Waals surface area (Å²) in [5.41, 5.74) is 2.20. The van der Waals surface area contributed by atoms with Crippen molar-refractivity contribution in [3.8, 4) is 5.75 Å². The Morgan fingerprint density at radius 2 is 1.94 bits per heavy atom. The molecule has 0 spiro atoms. The van der Waals surface area contributed by atoms with E-state index in [1.807, 2.05) is 44.4 Å². The first-order valence-electron chi connectivity index (χ1n) is 10.7. The van der Waals surface area contributed by atoms with Crippen molar-refractivity contribution in [2.45, 2.75) is 45.5 Å². The lowest BCUT2D eigenvalue weighted by molar-refractivity contribution is -0.113. The number of hydrogen-bond donors (Lipinski definition) is 1. The number of aromatic nitrogens is 3. The van der Waals surface area contributed by atoms with Gasteiger partial charge in [0.25, 0.3) is 0 Å². The van der Waals surface area contributed by atoms with Crippen LogP contribution in [-0.2, 0) is 16.1 Å². The molecule has 0 saturated heterocycles. The van der Waals surface area contributed by atoms with Crippen LogP contribution in [0.3, 0.4) is 0 Å². The van der Waals surface area contributed by atoms with Crippen LogP contribution >= 0.6 is 34.7 Å². The molecule has 3 aromatic rings. The average Bonchev–Trinajstić information content (AvgIpc) is 3.38. The molecule has 0 radical (unpaired) electrons. The molecule has 1 aromatic carbocycles. The number of methoxy groups -OCH3 is 1. The Labute approximate surface area is 217 Å². The predicted molar refractivity (Wildman–Crippen MR) is 140 cm³/mol. The minimum atomic E-state index is -0.493. The third-order valence-corrected chi connectivity index (χ3v) is 7.52. The molecule has 2 heterocycles. The Bertz CT molecular complexity index is 1230. The van der Waals surface area contributed by atoms with Gasteiger partial charge in [0.05, 0.1) is 18.4 Å².